The maximum absolute atomic E-state index is 12.7. The van der Waals surface area contributed by atoms with E-state index in [1.165, 1.54) is 109 Å². The molecule has 0 bridgehead atoms. The van der Waals surface area contributed by atoms with Crippen molar-refractivity contribution in [2.75, 3.05) is 33.0 Å². The Kier molecular flexibility index (Phi) is 47.8. The summed E-state index contributed by atoms with van der Waals surface area (Å²) in [5.41, 5.74) is 5.39. The number of phosphoric acid groups is 1. The van der Waals surface area contributed by atoms with E-state index < -0.39 is 13.9 Å². The Balaban J connectivity index is 3.99. The zero-order chi connectivity index (χ0) is 45.1. The molecule has 0 fully saturated rings. The Morgan fingerprint density at radius 3 is 1.35 bits per heavy atom. The third-order valence-corrected chi connectivity index (χ3v) is 11.3. The highest BCUT2D eigenvalue weighted by Crippen LogP contribution is 2.43. The molecule has 0 heterocycles. The molecule has 8 nitrogen and oxygen atoms in total. The van der Waals surface area contributed by atoms with Gasteiger partial charge >= 0.3 is 13.8 Å². The lowest BCUT2D eigenvalue weighted by Gasteiger charge is -2.20. The molecule has 0 aromatic rings. The van der Waals surface area contributed by atoms with Crippen molar-refractivity contribution >= 4 is 13.8 Å². The number of nitrogens with two attached hydrogens (primary N) is 1. The van der Waals surface area contributed by atoms with Crippen LogP contribution in [0.25, 0.3) is 0 Å². The molecule has 2 unspecified atom stereocenters. The first-order valence-corrected chi connectivity index (χ1v) is 26.6. The monoisotopic (exact) mass is 888 g/mol. The van der Waals surface area contributed by atoms with E-state index in [2.05, 4.69) is 98.9 Å². The fourth-order valence-corrected chi connectivity index (χ4v) is 7.41. The number of ether oxygens (including phenoxy) is 2. The van der Waals surface area contributed by atoms with Gasteiger partial charge in [0.1, 0.15) is 6.10 Å². The normalized spacial score (nSPS) is 14.1. The fourth-order valence-electron chi connectivity index (χ4n) is 6.64. The molecule has 62 heavy (non-hydrogen) atoms. The molecule has 0 rings (SSSR count). The highest BCUT2D eigenvalue weighted by Gasteiger charge is 2.25. The minimum atomic E-state index is -4.29. The summed E-state index contributed by atoms with van der Waals surface area (Å²) in [5, 5.41) is 0. The van der Waals surface area contributed by atoms with E-state index in [0.29, 0.717) is 13.0 Å². The van der Waals surface area contributed by atoms with E-state index >= 15 is 0 Å². The average Bonchev–Trinajstić information content (AvgIpc) is 3.26. The van der Waals surface area contributed by atoms with Crippen LogP contribution in [0, 0.1) is 0 Å². The van der Waals surface area contributed by atoms with Gasteiger partial charge in [-0.1, -0.05) is 195 Å². The highest BCUT2D eigenvalue weighted by molar-refractivity contribution is 7.47. The summed E-state index contributed by atoms with van der Waals surface area (Å²) in [6.45, 7) is 4.76. The average molecular weight is 888 g/mol. The summed E-state index contributed by atoms with van der Waals surface area (Å²) in [4.78, 5) is 22.6. The lowest BCUT2D eigenvalue weighted by molar-refractivity contribution is -0.154. The molecule has 0 aromatic heterocycles. The van der Waals surface area contributed by atoms with Crippen LogP contribution in [0.5, 0.6) is 0 Å². The van der Waals surface area contributed by atoms with E-state index in [1.54, 1.807) is 0 Å². The first-order chi connectivity index (χ1) is 30.4. The quantitative estimate of drug-likeness (QED) is 0.0269. The van der Waals surface area contributed by atoms with Gasteiger partial charge in [0.05, 0.1) is 19.8 Å². The third kappa shape index (κ3) is 48.7. The Labute approximate surface area is 381 Å². The van der Waals surface area contributed by atoms with Gasteiger partial charge in [0, 0.05) is 19.6 Å². The molecule has 3 N–H and O–H groups in total. The summed E-state index contributed by atoms with van der Waals surface area (Å²) in [5.74, 6) is -0.341. The standard InChI is InChI=1S/C53H94NO7P/c1-3-5-7-9-11-13-15-17-19-21-23-24-25-26-27-28-29-30-32-34-36-38-40-42-44-46-53(55)61-52(51-60-62(56,57)59-49-47-54)50-58-48-45-43-41-39-37-35-33-31-22-20-18-16-14-12-10-8-6-4-2/h5,7,11-14,17-20,23-24,26-27,52H,3-4,6,8-10,15-16,21-22,25,28-51,54H2,1-2H3,(H,56,57)/b7-5-,13-11-,14-12-,19-17-,20-18-,24-23-,27-26-. The predicted octanol–water partition coefficient (Wildman–Crippen LogP) is 15.6. The summed E-state index contributed by atoms with van der Waals surface area (Å²) in [6.07, 6.45) is 64.6. The topological polar surface area (TPSA) is 117 Å². The van der Waals surface area contributed by atoms with E-state index in [9.17, 15) is 14.3 Å². The van der Waals surface area contributed by atoms with Crippen LogP contribution in [0.3, 0.4) is 0 Å². The minimum absolute atomic E-state index is 0.0943. The molecule has 9 heteroatoms. The summed E-state index contributed by atoms with van der Waals surface area (Å²) in [6, 6.07) is 0. The molecule has 0 radical (unpaired) electrons. The van der Waals surface area contributed by atoms with E-state index in [1.807, 2.05) is 0 Å². The number of allylic oxidation sites excluding steroid dienone is 14. The van der Waals surface area contributed by atoms with Crippen molar-refractivity contribution < 1.29 is 32.8 Å². The molecule has 358 valence electrons. The molecular weight excluding hydrogens is 794 g/mol. The zero-order valence-corrected chi connectivity index (χ0v) is 40.7. The molecule has 0 aliphatic rings. The van der Waals surface area contributed by atoms with Crippen LogP contribution in [0.15, 0.2) is 85.1 Å². The van der Waals surface area contributed by atoms with Gasteiger partial charge in [-0.25, -0.2) is 4.57 Å². The number of unbranched alkanes of at least 4 members (excludes halogenated alkanes) is 20. The molecule has 0 aromatic carbocycles. The SMILES string of the molecule is CC/C=C\C/C=C\C/C=C\C/C=C\C/C=C\CCCCCCCCCCCC(=O)OC(COCCCCCCCCCC/C=C\C/C=C\CCCCC)COP(=O)(O)OCCN. The molecular formula is C53H94NO7P. The van der Waals surface area contributed by atoms with Gasteiger partial charge in [-0.05, 0) is 89.9 Å². The first kappa shape index (κ1) is 59.7. The fraction of sp³-hybridized carbons (Fsp3) is 0.717. The Morgan fingerprint density at radius 1 is 0.500 bits per heavy atom. The van der Waals surface area contributed by atoms with Gasteiger partial charge in [0.25, 0.3) is 0 Å². The van der Waals surface area contributed by atoms with Crippen LogP contribution in [-0.2, 0) is 27.9 Å². The second kappa shape index (κ2) is 49.7. The predicted molar refractivity (Wildman–Crippen MR) is 265 cm³/mol. The number of carbonyl (C=O) groups is 1. The molecule has 0 saturated heterocycles. The number of hydrogen-bond donors (Lipinski definition) is 2. The molecule has 0 amide bonds. The van der Waals surface area contributed by atoms with Crippen LogP contribution >= 0.6 is 7.82 Å². The molecule has 0 aliphatic carbocycles. The second-order valence-electron chi connectivity index (χ2n) is 16.3. The van der Waals surface area contributed by atoms with Crippen molar-refractivity contribution in [2.45, 2.75) is 213 Å². The largest absolute Gasteiger partial charge is 0.472 e. The first-order valence-electron chi connectivity index (χ1n) is 25.1. The number of hydrogen-bond acceptors (Lipinski definition) is 7. The van der Waals surface area contributed by atoms with Crippen LogP contribution in [0.2, 0.25) is 0 Å². The Hall–Kier alpha value is -2.32. The summed E-state index contributed by atoms with van der Waals surface area (Å²) >= 11 is 0. The Bertz CT molecular complexity index is 1220. The number of carbonyl (C=O) groups excluding carboxylic acids is 1. The van der Waals surface area contributed by atoms with Crippen molar-refractivity contribution in [1.29, 1.82) is 0 Å². The number of phosphoric ester groups is 1. The van der Waals surface area contributed by atoms with Crippen molar-refractivity contribution in [3.8, 4) is 0 Å². The van der Waals surface area contributed by atoms with Crippen LogP contribution in [0.1, 0.15) is 206 Å². The van der Waals surface area contributed by atoms with Crippen molar-refractivity contribution in [3.63, 3.8) is 0 Å². The zero-order valence-electron chi connectivity index (χ0n) is 39.8. The van der Waals surface area contributed by atoms with Crippen LogP contribution < -0.4 is 5.73 Å². The van der Waals surface area contributed by atoms with E-state index in [-0.39, 0.29) is 32.3 Å². The highest BCUT2D eigenvalue weighted by atomic mass is 31.2. The number of esters is 1. The lowest BCUT2D eigenvalue weighted by atomic mass is 10.1. The smallest absolute Gasteiger partial charge is 0.457 e. The van der Waals surface area contributed by atoms with Crippen molar-refractivity contribution in [1.82, 2.24) is 0 Å². The minimum Gasteiger partial charge on any atom is -0.457 e. The molecule has 2 atom stereocenters. The van der Waals surface area contributed by atoms with Crippen LogP contribution in [-0.4, -0.2) is 49.9 Å². The van der Waals surface area contributed by atoms with Gasteiger partial charge in [-0.15, -0.1) is 0 Å². The van der Waals surface area contributed by atoms with Crippen LogP contribution in [0.4, 0.5) is 0 Å². The van der Waals surface area contributed by atoms with Gasteiger partial charge in [-0.2, -0.15) is 0 Å². The van der Waals surface area contributed by atoms with Gasteiger partial charge in [0.15, 0.2) is 0 Å². The number of rotatable bonds is 47. The van der Waals surface area contributed by atoms with Gasteiger partial charge in [-0.3, -0.25) is 13.8 Å². The lowest BCUT2D eigenvalue weighted by Crippen LogP contribution is -2.28. The van der Waals surface area contributed by atoms with Gasteiger partial charge in [0.2, 0.25) is 0 Å². The van der Waals surface area contributed by atoms with Gasteiger partial charge < -0.3 is 20.1 Å². The maximum Gasteiger partial charge on any atom is 0.472 e. The molecule has 0 aliphatic heterocycles. The molecule has 0 spiro atoms. The molecule has 0 saturated carbocycles. The summed E-state index contributed by atoms with van der Waals surface area (Å²) < 4.78 is 33.6. The van der Waals surface area contributed by atoms with E-state index in [0.717, 1.165) is 77.0 Å². The maximum atomic E-state index is 12.7. The van der Waals surface area contributed by atoms with Crippen molar-refractivity contribution in [2.24, 2.45) is 5.73 Å². The summed E-state index contributed by atoms with van der Waals surface area (Å²) in [7, 11) is -4.29. The van der Waals surface area contributed by atoms with E-state index in [4.69, 9.17) is 24.3 Å². The third-order valence-electron chi connectivity index (χ3n) is 10.3. The Morgan fingerprint density at radius 2 is 0.903 bits per heavy atom. The van der Waals surface area contributed by atoms with Crippen molar-refractivity contribution in [3.05, 3.63) is 85.1 Å². The second-order valence-corrected chi connectivity index (χ2v) is 17.7.